The molecule has 1 spiro atoms. The molecule has 3 aliphatic rings. The zero-order valence-corrected chi connectivity index (χ0v) is 15.2. The summed E-state index contributed by atoms with van der Waals surface area (Å²) in [6, 6.07) is 9.94. The summed E-state index contributed by atoms with van der Waals surface area (Å²) in [5, 5.41) is 20.0. The lowest BCUT2D eigenvalue weighted by molar-refractivity contribution is -0.193. The molecule has 2 heterocycles. The van der Waals surface area contributed by atoms with Crippen molar-refractivity contribution in [3.05, 3.63) is 28.2 Å². The summed E-state index contributed by atoms with van der Waals surface area (Å²) in [5.74, 6) is -1.29. The van der Waals surface area contributed by atoms with Crippen LogP contribution >= 0.6 is 15.9 Å². The smallest absolute Gasteiger partial charge is 0.293 e. The molecular formula is C17H15BrN4O3. The third kappa shape index (κ3) is 1.63. The van der Waals surface area contributed by atoms with Gasteiger partial charge in [-0.2, -0.15) is 10.5 Å². The first-order valence-corrected chi connectivity index (χ1v) is 8.55. The number of methoxy groups -OCH3 is 1. The second kappa shape index (κ2) is 4.95. The fraction of sp³-hybridized carbons (Fsp3) is 0.471. The number of nitriles is 2. The van der Waals surface area contributed by atoms with Crippen LogP contribution in [0.4, 0.5) is 0 Å². The van der Waals surface area contributed by atoms with Gasteiger partial charge in [-0.1, -0.05) is 6.07 Å². The minimum absolute atomic E-state index is 0.0857. The van der Waals surface area contributed by atoms with Gasteiger partial charge in [-0.05, 0) is 40.5 Å². The van der Waals surface area contributed by atoms with Crippen molar-refractivity contribution in [3.63, 3.8) is 0 Å². The van der Waals surface area contributed by atoms with Crippen LogP contribution in [-0.2, 0) is 9.47 Å². The highest BCUT2D eigenvalue weighted by Gasteiger charge is 2.94. The predicted octanol–water partition coefficient (Wildman–Crippen LogP) is 2.03. The molecular weight excluding hydrogens is 388 g/mol. The molecule has 1 aliphatic carbocycles. The molecule has 0 aromatic heterocycles. The number of ether oxygens (including phenoxy) is 3. The maximum Gasteiger partial charge on any atom is 0.293 e. The largest absolute Gasteiger partial charge is 0.496 e. The molecule has 2 N–H and O–H groups in total. The van der Waals surface area contributed by atoms with E-state index in [9.17, 15) is 10.5 Å². The van der Waals surface area contributed by atoms with Crippen LogP contribution in [0.15, 0.2) is 27.7 Å². The first-order chi connectivity index (χ1) is 11.9. The predicted molar refractivity (Wildman–Crippen MR) is 90.4 cm³/mol. The Balaban J connectivity index is 1.89. The highest BCUT2D eigenvalue weighted by Crippen LogP contribution is 2.82. The molecule has 2 fully saturated rings. The van der Waals surface area contributed by atoms with E-state index in [0.29, 0.717) is 12.4 Å². The first-order valence-electron chi connectivity index (χ1n) is 7.76. The van der Waals surface area contributed by atoms with E-state index in [0.717, 1.165) is 10.0 Å². The minimum Gasteiger partial charge on any atom is -0.496 e. The van der Waals surface area contributed by atoms with E-state index in [1.165, 1.54) is 0 Å². The topological polar surface area (TPSA) is 114 Å². The highest BCUT2D eigenvalue weighted by atomic mass is 79.9. The Morgan fingerprint density at radius 3 is 2.68 bits per heavy atom. The average molecular weight is 403 g/mol. The van der Waals surface area contributed by atoms with Crippen LogP contribution in [0.1, 0.15) is 18.4 Å². The Bertz CT molecular complexity index is 891. The molecule has 1 saturated heterocycles. The summed E-state index contributed by atoms with van der Waals surface area (Å²) in [6.45, 7) is 2.13. The first kappa shape index (κ1) is 16.3. The number of hydrogen-bond acceptors (Lipinski definition) is 7. The van der Waals surface area contributed by atoms with Crippen LogP contribution in [0.3, 0.4) is 0 Å². The van der Waals surface area contributed by atoms with Gasteiger partial charge in [-0.15, -0.1) is 0 Å². The standard InChI is InChI=1S/C17H15BrN4O3/c1-9-6-24-17(25-9)16(8-20)13(15(16,7-19)14(21)22-17)10-3-4-12(23-2)11(18)5-10/h3-5,9,13H,6H2,1-2H3,(H2,21,22). The second-order valence-electron chi connectivity index (χ2n) is 6.48. The van der Waals surface area contributed by atoms with Crippen molar-refractivity contribution >= 4 is 21.8 Å². The fourth-order valence-electron chi connectivity index (χ4n) is 4.22. The van der Waals surface area contributed by atoms with Gasteiger partial charge in [-0.3, -0.25) is 0 Å². The molecule has 8 heteroatoms. The van der Waals surface area contributed by atoms with Gasteiger partial charge in [0.15, 0.2) is 5.41 Å². The van der Waals surface area contributed by atoms with Gasteiger partial charge < -0.3 is 19.9 Å². The Morgan fingerprint density at radius 2 is 2.16 bits per heavy atom. The van der Waals surface area contributed by atoms with Crippen LogP contribution in [0, 0.1) is 33.5 Å². The van der Waals surface area contributed by atoms with Gasteiger partial charge in [0.05, 0.1) is 36.4 Å². The van der Waals surface area contributed by atoms with Gasteiger partial charge in [0.1, 0.15) is 17.0 Å². The molecule has 0 amide bonds. The van der Waals surface area contributed by atoms with Gasteiger partial charge in [0.2, 0.25) is 0 Å². The molecule has 25 heavy (non-hydrogen) atoms. The van der Waals surface area contributed by atoms with Crippen molar-refractivity contribution in [2.75, 3.05) is 13.7 Å². The molecule has 4 rings (SSSR count). The quantitative estimate of drug-likeness (QED) is 0.809. The molecule has 128 valence electrons. The minimum atomic E-state index is -1.53. The van der Waals surface area contributed by atoms with Gasteiger partial charge >= 0.3 is 0 Å². The van der Waals surface area contributed by atoms with Crippen molar-refractivity contribution in [1.82, 2.24) is 0 Å². The van der Waals surface area contributed by atoms with E-state index in [1.807, 2.05) is 19.1 Å². The van der Waals surface area contributed by atoms with E-state index in [-0.39, 0.29) is 11.9 Å². The van der Waals surface area contributed by atoms with Crippen molar-refractivity contribution in [2.45, 2.75) is 24.9 Å². The molecule has 7 nitrogen and oxygen atoms in total. The van der Waals surface area contributed by atoms with E-state index < -0.39 is 22.7 Å². The molecule has 2 aliphatic heterocycles. The third-order valence-electron chi connectivity index (χ3n) is 5.31. The molecule has 5 unspecified atom stereocenters. The Hall–Kier alpha value is -2.13. The molecule has 5 atom stereocenters. The van der Waals surface area contributed by atoms with Crippen LogP contribution in [0.2, 0.25) is 0 Å². The molecule has 0 radical (unpaired) electrons. The normalized spacial score (nSPS) is 40.9. The van der Waals surface area contributed by atoms with Crippen molar-refractivity contribution in [1.29, 1.82) is 10.5 Å². The second-order valence-corrected chi connectivity index (χ2v) is 7.34. The Labute approximate surface area is 153 Å². The molecule has 1 aromatic rings. The number of nitrogens with two attached hydrogens (primary N) is 1. The van der Waals surface area contributed by atoms with Crippen LogP contribution in [0.5, 0.6) is 5.75 Å². The average Bonchev–Trinajstić information content (AvgIpc) is 2.99. The summed E-state index contributed by atoms with van der Waals surface area (Å²) in [6.07, 6.45) is -0.236. The van der Waals surface area contributed by atoms with Crippen molar-refractivity contribution in [3.8, 4) is 17.9 Å². The number of nitrogens with zero attached hydrogens (tertiary/aromatic N) is 3. The highest BCUT2D eigenvalue weighted by molar-refractivity contribution is 9.10. The molecule has 1 saturated carbocycles. The zero-order valence-electron chi connectivity index (χ0n) is 13.6. The van der Waals surface area contributed by atoms with E-state index in [2.05, 4.69) is 33.1 Å². The Morgan fingerprint density at radius 1 is 1.40 bits per heavy atom. The summed E-state index contributed by atoms with van der Waals surface area (Å²) in [4.78, 5) is 4.29. The summed E-state index contributed by atoms with van der Waals surface area (Å²) >= 11 is 3.45. The number of amidine groups is 1. The molecule has 1 aromatic carbocycles. The lowest BCUT2D eigenvalue weighted by Crippen LogP contribution is -2.39. The Kier molecular flexibility index (Phi) is 3.24. The zero-order chi connectivity index (χ0) is 18.0. The van der Waals surface area contributed by atoms with Gasteiger partial charge in [-0.25, -0.2) is 4.99 Å². The number of fused-ring (bicyclic) bond motifs is 2. The number of benzene rings is 1. The fourth-order valence-corrected chi connectivity index (χ4v) is 4.78. The number of aliphatic imine (C=N–C) groups is 1. The van der Waals surface area contributed by atoms with Gasteiger partial charge in [0, 0.05) is 5.92 Å². The van der Waals surface area contributed by atoms with Crippen molar-refractivity contribution < 1.29 is 14.2 Å². The van der Waals surface area contributed by atoms with Gasteiger partial charge in [0.25, 0.3) is 5.91 Å². The summed E-state index contributed by atoms with van der Waals surface area (Å²) < 4.78 is 17.6. The van der Waals surface area contributed by atoms with Crippen LogP contribution < -0.4 is 10.5 Å². The van der Waals surface area contributed by atoms with Crippen LogP contribution in [0.25, 0.3) is 0 Å². The van der Waals surface area contributed by atoms with E-state index >= 15 is 0 Å². The lowest BCUT2D eigenvalue weighted by atomic mass is 9.94. The SMILES string of the molecule is COc1ccc(C2C3(C#N)C(N)=NC4(OCC(C)O4)C23C#N)cc1Br. The maximum atomic E-state index is 10.1. The summed E-state index contributed by atoms with van der Waals surface area (Å²) in [7, 11) is 1.57. The van der Waals surface area contributed by atoms with E-state index in [1.54, 1.807) is 13.2 Å². The van der Waals surface area contributed by atoms with Crippen LogP contribution in [-0.4, -0.2) is 31.6 Å². The number of rotatable bonds is 2. The van der Waals surface area contributed by atoms with E-state index in [4.69, 9.17) is 19.9 Å². The number of hydrogen-bond donors (Lipinski definition) is 1. The lowest BCUT2D eigenvalue weighted by Gasteiger charge is -2.26. The number of halogens is 1. The van der Waals surface area contributed by atoms with Crippen molar-refractivity contribution in [2.24, 2.45) is 21.6 Å². The maximum absolute atomic E-state index is 10.1. The molecule has 0 bridgehead atoms. The third-order valence-corrected chi connectivity index (χ3v) is 5.93. The summed E-state index contributed by atoms with van der Waals surface area (Å²) in [5.41, 5.74) is 4.33. The monoisotopic (exact) mass is 402 g/mol.